The van der Waals surface area contributed by atoms with Crippen LogP contribution in [-0.4, -0.2) is 34.9 Å². The molecule has 3 aromatic rings. The monoisotopic (exact) mass is 456 g/mol. The van der Waals surface area contributed by atoms with E-state index in [0.29, 0.717) is 37.0 Å². The fourth-order valence-electron chi connectivity index (χ4n) is 2.69. The highest BCUT2D eigenvalue weighted by Crippen LogP contribution is 2.33. The summed E-state index contributed by atoms with van der Waals surface area (Å²) < 4.78 is 11.4. The maximum Gasteiger partial charge on any atom is 0.247 e. The van der Waals surface area contributed by atoms with E-state index < -0.39 is 0 Å². The van der Waals surface area contributed by atoms with Crippen molar-refractivity contribution in [2.24, 2.45) is 5.73 Å². The van der Waals surface area contributed by atoms with Gasteiger partial charge in [-0.05, 0) is 43.0 Å². The molecule has 1 amide bonds. The number of benzene rings is 1. The van der Waals surface area contributed by atoms with E-state index in [1.807, 2.05) is 31.2 Å². The summed E-state index contributed by atoms with van der Waals surface area (Å²) in [6.45, 7) is 10.5. The van der Waals surface area contributed by atoms with Crippen LogP contribution in [0.25, 0.3) is 22.7 Å². The molecule has 170 valence electrons. The number of aliphatic hydroxyl groups excluding tert-OH is 1. The predicted molar refractivity (Wildman–Crippen MR) is 127 cm³/mol. The molecule has 0 aliphatic heterocycles. The van der Waals surface area contributed by atoms with Crippen molar-refractivity contribution in [1.29, 1.82) is 0 Å². The molecular weight excluding hydrogens is 428 g/mol. The topological polar surface area (TPSA) is 124 Å². The van der Waals surface area contributed by atoms with Crippen LogP contribution in [0, 0.1) is 6.92 Å². The Balaban J connectivity index is 0.000000534. The van der Waals surface area contributed by atoms with Gasteiger partial charge in [-0.3, -0.25) is 4.79 Å². The van der Waals surface area contributed by atoms with Crippen LogP contribution in [0.4, 0.5) is 0 Å². The third kappa shape index (κ3) is 6.79. The summed E-state index contributed by atoms with van der Waals surface area (Å²) in [5.74, 6) is 1.73. The lowest BCUT2D eigenvalue weighted by molar-refractivity contribution is -0.109. The van der Waals surface area contributed by atoms with E-state index >= 15 is 0 Å². The number of nitrogens with two attached hydrogens (primary N) is 1. The number of allylic oxidation sites excluding steroid dienone is 2. The summed E-state index contributed by atoms with van der Waals surface area (Å²) in [6.07, 6.45) is 2.62. The van der Waals surface area contributed by atoms with E-state index in [1.54, 1.807) is 18.3 Å². The Bertz CT molecular complexity index is 1070. The molecule has 9 heteroatoms. The Morgan fingerprint density at radius 1 is 1.41 bits per heavy atom. The Morgan fingerprint density at radius 3 is 2.75 bits per heavy atom. The van der Waals surface area contributed by atoms with Gasteiger partial charge in [0.05, 0.1) is 6.61 Å². The van der Waals surface area contributed by atoms with Gasteiger partial charge in [-0.25, -0.2) is 0 Å². The van der Waals surface area contributed by atoms with Crippen LogP contribution < -0.4 is 15.8 Å². The molecule has 4 N–H and O–H groups in total. The van der Waals surface area contributed by atoms with Crippen molar-refractivity contribution in [3.63, 3.8) is 0 Å². The average molecular weight is 457 g/mol. The number of carbonyl (C=O) groups is 1. The van der Waals surface area contributed by atoms with Crippen molar-refractivity contribution in [3.8, 4) is 17.2 Å². The standard InChI is InChI=1S/C20H21N3O2S.C3H7NO2/c1-5-12(2)19-18(13(3)21)16(11-26-19)10-24-17-8-6-7-15(9-17)20-23-22-14(4)25-20;5-2-1-4-3-6/h5-9,11H,3,10,21H2,1-2,4H3;3,5H,1-2H2,(H,4,6)/b12-5-;. The van der Waals surface area contributed by atoms with Crippen LogP contribution in [-0.2, 0) is 11.4 Å². The molecular formula is C23H28N4O4S. The largest absolute Gasteiger partial charge is 0.489 e. The van der Waals surface area contributed by atoms with Crippen LogP contribution in [0.2, 0.25) is 0 Å². The van der Waals surface area contributed by atoms with Crippen molar-refractivity contribution >= 4 is 29.0 Å². The second-order valence-corrected chi connectivity index (χ2v) is 7.58. The number of aliphatic hydroxyl groups is 1. The number of hydrogen-bond acceptors (Lipinski definition) is 8. The minimum atomic E-state index is 0.0126. The number of amides is 1. The van der Waals surface area contributed by atoms with Gasteiger partial charge in [0.1, 0.15) is 12.4 Å². The predicted octanol–water partition coefficient (Wildman–Crippen LogP) is 3.76. The van der Waals surface area contributed by atoms with Gasteiger partial charge in [0.15, 0.2) is 0 Å². The number of hydrogen-bond donors (Lipinski definition) is 3. The number of rotatable bonds is 9. The summed E-state index contributed by atoms with van der Waals surface area (Å²) in [6, 6.07) is 7.59. The van der Waals surface area contributed by atoms with Crippen molar-refractivity contribution < 1.29 is 19.1 Å². The molecule has 0 fully saturated rings. The van der Waals surface area contributed by atoms with E-state index in [4.69, 9.17) is 20.0 Å². The molecule has 2 heterocycles. The lowest BCUT2D eigenvalue weighted by atomic mass is 10.1. The van der Waals surface area contributed by atoms with E-state index in [9.17, 15) is 4.79 Å². The lowest BCUT2D eigenvalue weighted by Gasteiger charge is -2.10. The highest BCUT2D eigenvalue weighted by Gasteiger charge is 2.15. The van der Waals surface area contributed by atoms with Crippen LogP contribution in [0.5, 0.6) is 5.75 Å². The molecule has 0 radical (unpaired) electrons. The SMILES string of the molecule is C=C(N)c1c(COc2cccc(-c3nnc(C)o3)c2)csc1/C(C)=C\C.O=CNCCO. The molecule has 0 aliphatic carbocycles. The number of ether oxygens (including phenoxy) is 1. The molecule has 8 nitrogen and oxygen atoms in total. The highest BCUT2D eigenvalue weighted by atomic mass is 32.1. The van der Waals surface area contributed by atoms with Gasteiger partial charge in [-0.2, -0.15) is 0 Å². The Labute approximate surface area is 191 Å². The fourth-order valence-corrected chi connectivity index (χ4v) is 3.82. The van der Waals surface area contributed by atoms with Gasteiger partial charge in [0, 0.05) is 40.7 Å². The minimum absolute atomic E-state index is 0.0126. The molecule has 0 spiro atoms. The zero-order valence-corrected chi connectivity index (χ0v) is 19.2. The van der Waals surface area contributed by atoms with Gasteiger partial charge in [-0.15, -0.1) is 21.5 Å². The van der Waals surface area contributed by atoms with E-state index in [0.717, 1.165) is 27.3 Å². The third-order valence-corrected chi connectivity index (χ3v) is 5.48. The average Bonchev–Trinajstić information content (AvgIpc) is 3.43. The van der Waals surface area contributed by atoms with Gasteiger partial charge >= 0.3 is 0 Å². The maximum atomic E-state index is 9.34. The summed E-state index contributed by atoms with van der Waals surface area (Å²) in [4.78, 5) is 10.5. The first-order valence-electron chi connectivity index (χ1n) is 9.90. The zero-order chi connectivity index (χ0) is 23.5. The fraction of sp³-hybridized carbons (Fsp3) is 0.261. The first-order valence-corrected chi connectivity index (χ1v) is 10.8. The molecule has 0 unspecified atom stereocenters. The Kier molecular flexibility index (Phi) is 9.65. The zero-order valence-electron chi connectivity index (χ0n) is 18.4. The number of carbonyl (C=O) groups excluding carboxylic acids is 1. The summed E-state index contributed by atoms with van der Waals surface area (Å²) in [5, 5.41) is 20.2. The summed E-state index contributed by atoms with van der Waals surface area (Å²) >= 11 is 1.65. The Morgan fingerprint density at radius 2 is 2.19 bits per heavy atom. The molecule has 0 saturated carbocycles. The molecule has 3 rings (SSSR count). The lowest BCUT2D eigenvalue weighted by Crippen LogP contribution is -2.14. The molecule has 0 atom stereocenters. The normalized spacial score (nSPS) is 10.8. The first-order chi connectivity index (χ1) is 15.4. The number of nitrogens with one attached hydrogen (secondary N) is 1. The molecule has 0 bridgehead atoms. The molecule has 32 heavy (non-hydrogen) atoms. The van der Waals surface area contributed by atoms with E-state index in [-0.39, 0.29) is 6.61 Å². The maximum absolute atomic E-state index is 9.34. The van der Waals surface area contributed by atoms with Crippen molar-refractivity contribution in [1.82, 2.24) is 15.5 Å². The second kappa shape index (κ2) is 12.4. The van der Waals surface area contributed by atoms with Crippen LogP contribution >= 0.6 is 11.3 Å². The van der Waals surface area contributed by atoms with E-state index in [2.05, 4.69) is 40.5 Å². The number of aryl methyl sites for hydroxylation is 1. The third-order valence-electron chi connectivity index (χ3n) is 4.32. The van der Waals surface area contributed by atoms with E-state index in [1.165, 1.54) is 5.57 Å². The number of nitrogens with zero attached hydrogens (tertiary/aromatic N) is 2. The molecule has 0 aliphatic rings. The first kappa shape index (κ1) is 24.8. The van der Waals surface area contributed by atoms with Gasteiger partial charge in [0.25, 0.3) is 0 Å². The van der Waals surface area contributed by atoms with Gasteiger partial charge < -0.3 is 25.3 Å². The molecule has 2 aromatic heterocycles. The smallest absolute Gasteiger partial charge is 0.247 e. The van der Waals surface area contributed by atoms with Gasteiger partial charge in [0.2, 0.25) is 18.2 Å². The number of aromatic nitrogens is 2. The van der Waals surface area contributed by atoms with Crippen LogP contribution in [0.1, 0.15) is 35.7 Å². The molecule has 0 saturated heterocycles. The van der Waals surface area contributed by atoms with Crippen molar-refractivity contribution in [3.05, 3.63) is 64.2 Å². The summed E-state index contributed by atoms with van der Waals surface area (Å²) in [7, 11) is 0. The number of thiophene rings is 1. The summed E-state index contributed by atoms with van der Waals surface area (Å²) in [5.41, 5.74) is 10.6. The van der Waals surface area contributed by atoms with Crippen molar-refractivity contribution in [2.45, 2.75) is 27.4 Å². The quantitative estimate of drug-likeness (QED) is 0.331. The van der Waals surface area contributed by atoms with Gasteiger partial charge in [-0.1, -0.05) is 18.7 Å². The molecule has 1 aromatic carbocycles. The highest BCUT2D eigenvalue weighted by molar-refractivity contribution is 7.11. The Hall–Kier alpha value is -3.43. The minimum Gasteiger partial charge on any atom is -0.489 e. The second-order valence-electron chi connectivity index (χ2n) is 6.70. The van der Waals surface area contributed by atoms with Crippen LogP contribution in [0.15, 0.2) is 46.7 Å². The van der Waals surface area contributed by atoms with Crippen molar-refractivity contribution in [2.75, 3.05) is 13.2 Å². The van der Waals surface area contributed by atoms with Crippen LogP contribution in [0.3, 0.4) is 0 Å².